The molecule has 11 heteroatoms. The zero-order valence-corrected chi connectivity index (χ0v) is 14.1. The number of pyridine rings is 1. The van der Waals surface area contributed by atoms with Crippen LogP contribution in [-0.4, -0.2) is 41.1 Å². The number of ether oxygens (including phenoxy) is 1. The summed E-state index contributed by atoms with van der Waals surface area (Å²) in [5, 5.41) is 0. The van der Waals surface area contributed by atoms with E-state index in [2.05, 4.69) is 14.2 Å². The Morgan fingerprint density at radius 1 is 1.27 bits per heavy atom. The molecule has 0 radical (unpaired) electrons. The van der Waals surface area contributed by atoms with Gasteiger partial charge in [-0.2, -0.15) is 26.3 Å². The van der Waals surface area contributed by atoms with Crippen molar-refractivity contribution in [2.75, 3.05) is 13.2 Å². The Labute approximate surface area is 145 Å². The highest BCUT2D eigenvalue weighted by molar-refractivity contribution is 7.17. The standard InChI is InChI=1S/C15H13F6N2O2P/c16-14(17,18)6-23-10-3-7-8(15(19,20)21)4-12(24)22-9(7)1-2-11(10)25-5-13(23)26/h1-4,11,13H,5-6,26H2,(H,22,24)/t11?,13-/m1/s1. The predicted octanol–water partition coefficient (Wildman–Crippen LogP) is 3.23. The van der Waals surface area contributed by atoms with Crippen LogP contribution in [0.4, 0.5) is 26.3 Å². The van der Waals surface area contributed by atoms with E-state index in [-0.39, 0.29) is 18.0 Å². The average molecular weight is 398 g/mol. The van der Waals surface area contributed by atoms with Crippen LogP contribution in [-0.2, 0) is 10.9 Å². The number of alkyl halides is 6. The van der Waals surface area contributed by atoms with E-state index in [1.807, 2.05) is 0 Å². The van der Waals surface area contributed by atoms with Crippen LogP contribution in [0, 0.1) is 0 Å². The second-order valence-electron chi connectivity index (χ2n) is 5.87. The van der Waals surface area contributed by atoms with Crippen molar-refractivity contribution in [2.45, 2.75) is 24.2 Å². The number of aromatic nitrogens is 1. The van der Waals surface area contributed by atoms with Crippen LogP contribution in [0.2, 0.25) is 0 Å². The van der Waals surface area contributed by atoms with Crippen LogP contribution in [0.5, 0.6) is 0 Å². The zero-order chi connectivity index (χ0) is 19.3. The van der Waals surface area contributed by atoms with Gasteiger partial charge in [-0.1, -0.05) is 0 Å². The summed E-state index contributed by atoms with van der Waals surface area (Å²) >= 11 is 0. The molecule has 26 heavy (non-hydrogen) atoms. The minimum atomic E-state index is -4.84. The molecule has 1 saturated heterocycles. The molecule has 1 fully saturated rings. The highest BCUT2D eigenvalue weighted by atomic mass is 31.0. The number of morpholine rings is 1. The molecule has 2 heterocycles. The smallest absolute Gasteiger partial charge is 0.365 e. The molecule has 1 aromatic rings. The van der Waals surface area contributed by atoms with Gasteiger partial charge >= 0.3 is 12.4 Å². The first-order valence-corrected chi connectivity index (χ1v) is 8.07. The number of halogens is 6. The van der Waals surface area contributed by atoms with Crippen LogP contribution in [0.15, 0.2) is 22.6 Å². The molecule has 0 saturated carbocycles. The molecule has 3 rings (SSSR count). The molecule has 1 aliphatic heterocycles. The Hall–Kier alpha value is -1.80. The summed E-state index contributed by atoms with van der Waals surface area (Å²) in [6.07, 6.45) is -6.79. The molecule has 1 aliphatic carbocycles. The molecule has 142 valence electrons. The van der Waals surface area contributed by atoms with Crippen molar-refractivity contribution >= 4 is 21.4 Å². The van der Waals surface area contributed by atoms with Crippen molar-refractivity contribution in [3.8, 4) is 0 Å². The lowest BCUT2D eigenvalue weighted by atomic mass is 10.0. The maximum absolute atomic E-state index is 13.3. The van der Waals surface area contributed by atoms with Crippen molar-refractivity contribution in [1.82, 2.24) is 9.88 Å². The van der Waals surface area contributed by atoms with Gasteiger partial charge in [0.05, 0.1) is 18.0 Å². The van der Waals surface area contributed by atoms with Crippen LogP contribution in [0.1, 0.15) is 16.8 Å². The second kappa shape index (κ2) is 6.42. The second-order valence-corrected chi connectivity index (χ2v) is 6.63. The summed E-state index contributed by atoms with van der Waals surface area (Å²) in [4.78, 5) is 14.8. The summed E-state index contributed by atoms with van der Waals surface area (Å²) < 4.78 is 84.2. The number of aromatic amines is 1. The van der Waals surface area contributed by atoms with E-state index in [4.69, 9.17) is 4.74 Å². The van der Waals surface area contributed by atoms with Crippen LogP contribution in [0.3, 0.4) is 0 Å². The molecular formula is C15H13F6N2O2P. The minimum absolute atomic E-state index is 0.0495. The SMILES string of the molecule is O=c1cc(C(F)(F)F)c2c([nH]1)C=CC1OC[C@@H](P)N(CC(F)(F)F)C1=C2. The molecule has 0 spiro atoms. The number of H-pyrrole nitrogens is 1. The third kappa shape index (κ3) is 3.81. The summed E-state index contributed by atoms with van der Waals surface area (Å²) in [5.74, 6) is -0.758. The van der Waals surface area contributed by atoms with Gasteiger partial charge in [0.2, 0.25) is 5.56 Å². The number of hydrogen-bond donors (Lipinski definition) is 1. The molecule has 0 amide bonds. The third-order valence-corrected chi connectivity index (χ3v) is 4.52. The lowest BCUT2D eigenvalue weighted by Crippen LogP contribution is -2.47. The van der Waals surface area contributed by atoms with E-state index in [1.165, 1.54) is 12.2 Å². The minimum Gasteiger partial charge on any atom is -0.365 e. The first-order chi connectivity index (χ1) is 12.0. The largest absolute Gasteiger partial charge is 0.417 e. The van der Waals surface area contributed by atoms with E-state index in [0.29, 0.717) is 6.07 Å². The molecule has 3 atom stereocenters. The van der Waals surface area contributed by atoms with E-state index in [0.717, 1.165) is 11.0 Å². The Kier molecular flexibility index (Phi) is 4.69. The molecular weight excluding hydrogens is 385 g/mol. The van der Waals surface area contributed by atoms with Crippen molar-refractivity contribution in [3.63, 3.8) is 0 Å². The van der Waals surface area contributed by atoms with Crippen molar-refractivity contribution in [1.29, 1.82) is 0 Å². The van der Waals surface area contributed by atoms with Gasteiger partial charge in [0.1, 0.15) is 12.6 Å². The van der Waals surface area contributed by atoms with Gasteiger partial charge in [-0.05, 0) is 18.2 Å². The summed E-state index contributed by atoms with van der Waals surface area (Å²) in [6, 6.07) is 0.389. The number of nitrogens with zero attached hydrogens (tertiary/aromatic N) is 1. The normalized spacial score (nSPS) is 23.2. The van der Waals surface area contributed by atoms with Crippen molar-refractivity contribution in [2.24, 2.45) is 0 Å². The number of rotatable bonds is 1. The quantitative estimate of drug-likeness (QED) is 0.584. The van der Waals surface area contributed by atoms with Crippen LogP contribution >= 0.6 is 9.24 Å². The lowest BCUT2D eigenvalue weighted by Gasteiger charge is -2.41. The third-order valence-electron chi connectivity index (χ3n) is 3.97. The fourth-order valence-corrected chi connectivity index (χ4v) is 3.29. The first-order valence-electron chi connectivity index (χ1n) is 7.40. The number of hydrogen-bond acceptors (Lipinski definition) is 3. The van der Waals surface area contributed by atoms with Crippen LogP contribution < -0.4 is 5.56 Å². The Balaban J connectivity index is 2.19. The fraction of sp³-hybridized carbons (Fsp3) is 0.400. The van der Waals surface area contributed by atoms with Gasteiger partial charge in [-0.25, -0.2) is 0 Å². The molecule has 2 unspecified atom stereocenters. The maximum Gasteiger partial charge on any atom is 0.417 e. The van der Waals surface area contributed by atoms with Gasteiger partial charge in [0, 0.05) is 23.0 Å². The van der Waals surface area contributed by atoms with E-state index in [9.17, 15) is 31.1 Å². The van der Waals surface area contributed by atoms with Crippen LogP contribution in [0.25, 0.3) is 12.2 Å². The molecule has 0 bridgehead atoms. The van der Waals surface area contributed by atoms with Gasteiger partial charge in [-0.15, -0.1) is 9.24 Å². The Morgan fingerprint density at radius 3 is 2.58 bits per heavy atom. The molecule has 0 aromatic carbocycles. The molecule has 1 N–H and O–H groups in total. The van der Waals surface area contributed by atoms with Gasteiger partial charge < -0.3 is 14.6 Å². The fourth-order valence-electron chi connectivity index (χ4n) is 2.90. The monoisotopic (exact) mass is 398 g/mol. The van der Waals surface area contributed by atoms with Crippen molar-refractivity contribution in [3.05, 3.63) is 45.0 Å². The van der Waals surface area contributed by atoms with Crippen molar-refractivity contribution < 1.29 is 31.1 Å². The topological polar surface area (TPSA) is 45.3 Å². The summed E-state index contributed by atoms with van der Waals surface area (Å²) in [6.45, 7) is -1.38. The molecule has 4 nitrogen and oxygen atoms in total. The number of nitrogens with one attached hydrogen (secondary N) is 1. The van der Waals surface area contributed by atoms with Gasteiger partial charge in [0.15, 0.2) is 0 Å². The van der Waals surface area contributed by atoms with Gasteiger partial charge in [0.25, 0.3) is 0 Å². The first kappa shape index (κ1) is 19.0. The highest BCUT2D eigenvalue weighted by Gasteiger charge is 2.40. The summed E-state index contributed by atoms with van der Waals surface area (Å²) in [5.41, 5.74) is -2.77. The molecule has 1 aromatic heterocycles. The lowest BCUT2D eigenvalue weighted by molar-refractivity contribution is -0.151. The van der Waals surface area contributed by atoms with E-state index < -0.39 is 47.5 Å². The summed E-state index contributed by atoms with van der Waals surface area (Å²) in [7, 11) is 2.19. The highest BCUT2D eigenvalue weighted by Crippen LogP contribution is 2.38. The Bertz CT molecular complexity index is 827. The average Bonchev–Trinajstić information content (AvgIpc) is 2.67. The molecule has 2 aliphatic rings. The van der Waals surface area contributed by atoms with E-state index >= 15 is 0 Å². The predicted molar refractivity (Wildman–Crippen MR) is 85.1 cm³/mol. The Morgan fingerprint density at radius 2 is 1.96 bits per heavy atom. The number of fused-ring (bicyclic) bond motifs is 2. The zero-order valence-electron chi connectivity index (χ0n) is 13.0. The van der Waals surface area contributed by atoms with E-state index in [1.54, 1.807) is 0 Å². The maximum atomic E-state index is 13.3. The van der Waals surface area contributed by atoms with Gasteiger partial charge in [-0.3, -0.25) is 4.79 Å².